The molecule has 1 saturated carbocycles. The summed E-state index contributed by atoms with van der Waals surface area (Å²) in [6, 6.07) is 7.18. The Bertz CT molecular complexity index is 681. The summed E-state index contributed by atoms with van der Waals surface area (Å²) in [7, 11) is 0. The number of amides is 1. The summed E-state index contributed by atoms with van der Waals surface area (Å²) in [6.07, 6.45) is 5.55. The minimum absolute atomic E-state index is 0.165. The van der Waals surface area contributed by atoms with E-state index < -0.39 is 0 Å². The fourth-order valence-corrected chi connectivity index (χ4v) is 3.89. The van der Waals surface area contributed by atoms with Gasteiger partial charge in [-0.3, -0.25) is 4.79 Å². The summed E-state index contributed by atoms with van der Waals surface area (Å²) in [5.41, 5.74) is 5.50. The second kappa shape index (κ2) is 6.25. The average Bonchev–Trinajstić information content (AvgIpc) is 2.83. The molecule has 2 fully saturated rings. The van der Waals surface area contributed by atoms with E-state index in [1.165, 1.54) is 24.8 Å². The van der Waals surface area contributed by atoms with Crippen molar-refractivity contribution in [2.75, 3.05) is 23.4 Å². The van der Waals surface area contributed by atoms with Gasteiger partial charge in [0, 0.05) is 28.9 Å². The van der Waals surface area contributed by atoms with Crippen LogP contribution < -0.4 is 10.2 Å². The van der Waals surface area contributed by atoms with Gasteiger partial charge in [-0.15, -0.1) is 0 Å². The molecule has 24 heavy (non-hydrogen) atoms. The van der Waals surface area contributed by atoms with E-state index >= 15 is 0 Å². The van der Waals surface area contributed by atoms with Crippen LogP contribution in [0.4, 0.5) is 11.4 Å². The van der Waals surface area contributed by atoms with E-state index in [9.17, 15) is 4.79 Å². The number of rotatable bonds is 3. The zero-order valence-electron chi connectivity index (χ0n) is 14.6. The SMILES string of the molecule is CC(C)N1C(=O)C(=C2CCOCC2)c2cc(NC3CCC3)ccc21. The van der Waals surface area contributed by atoms with Crippen molar-refractivity contribution in [2.24, 2.45) is 0 Å². The molecule has 2 aliphatic heterocycles. The molecular weight excluding hydrogens is 300 g/mol. The Labute approximate surface area is 143 Å². The Morgan fingerprint density at radius 1 is 1.21 bits per heavy atom. The lowest BCUT2D eigenvalue weighted by Gasteiger charge is -2.28. The summed E-state index contributed by atoms with van der Waals surface area (Å²) < 4.78 is 5.48. The molecule has 128 valence electrons. The van der Waals surface area contributed by atoms with Crippen molar-refractivity contribution in [2.45, 2.75) is 58.0 Å². The van der Waals surface area contributed by atoms with Crippen LogP contribution in [-0.2, 0) is 9.53 Å². The van der Waals surface area contributed by atoms with E-state index in [4.69, 9.17) is 4.74 Å². The number of ether oxygens (including phenoxy) is 1. The summed E-state index contributed by atoms with van der Waals surface area (Å²) in [5.74, 6) is 0.165. The zero-order chi connectivity index (χ0) is 16.7. The molecule has 0 aromatic heterocycles. The lowest BCUT2D eigenvalue weighted by Crippen LogP contribution is -2.33. The van der Waals surface area contributed by atoms with Crippen molar-refractivity contribution >= 4 is 22.9 Å². The summed E-state index contributed by atoms with van der Waals surface area (Å²) in [5, 5.41) is 3.61. The minimum atomic E-state index is 0.165. The molecule has 1 N–H and O–H groups in total. The molecule has 1 aromatic rings. The number of carbonyl (C=O) groups excluding carboxylic acids is 1. The highest BCUT2D eigenvalue weighted by Gasteiger charge is 2.36. The van der Waals surface area contributed by atoms with Crippen LogP contribution in [0.3, 0.4) is 0 Å². The van der Waals surface area contributed by atoms with Crippen LogP contribution in [0.15, 0.2) is 23.8 Å². The third kappa shape index (κ3) is 2.63. The molecular formula is C20H26N2O2. The van der Waals surface area contributed by atoms with Crippen LogP contribution in [0.5, 0.6) is 0 Å². The van der Waals surface area contributed by atoms with Crippen LogP contribution in [0.2, 0.25) is 0 Å². The number of hydrogen-bond acceptors (Lipinski definition) is 3. The molecule has 0 unspecified atom stereocenters. The van der Waals surface area contributed by atoms with Crippen molar-refractivity contribution in [3.63, 3.8) is 0 Å². The molecule has 1 aromatic carbocycles. The van der Waals surface area contributed by atoms with E-state index in [1.807, 2.05) is 4.90 Å². The molecule has 4 nitrogen and oxygen atoms in total. The third-order valence-electron chi connectivity index (χ3n) is 5.40. The molecule has 0 bridgehead atoms. The maximum atomic E-state index is 13.1. The van der Waals surface area contributed by atoms with E-state index in [2.05, 4.69) is 37.4 Å². The van der Waals surface area contributed by atoms with Crippen LogP contribution in [-0.4, -0.2) is 31.2 Å². The van der Waals surface area contributed by atoms with Gasteiger partial charge in [-0.1, -0.05) is 5.57 Å². The normalized spacial score (nSPS) is 21.3. The van der Waals surface area contributed by atoms with Gasteiger partial charge in [0.15, 0.2) is 0 Å². The van der Waals surface area contributed by atoms with E-state index in [1.54, 1.807) is 0 Å². The van der Waals surface area contributed by atoms with Crippen LogP contribution in [0, 0.1) is 0 Å². The summed E-state index contributed by atoms with van der Waals surface area (Å²) >= 11 is 0. The second-order valence-corrected chi connectivity index (χ2v) is 7.36. The van der Waals surface area contributed by atoms with Gasteiger partial charge in [-0.25, -0.2) is 0 Å². The average molecular weight is 326 g/mol. The quantitative estimate of drug-likeness (QED) is 0.855. The van der Waals surface area contributed by atoms with Gasteiger partial charge in [-0.2, -0.15) is 0 Å². The molecule has 1 aliphatic carbocycles. The number of hydrogen-bond donors (Lipinski definition) is 1. The number of fused-ring (bicyclic) bond motifs is 1. The maximum absolute atomic E-state index is 13.1. The first-order chi connectivity index (χ1) is 11.6. The van der Waals surface area contributed by atoms with E-state index in [0.29, 0.717) is 6.04 Å². The molecule has 4 heteroatoms. The van der Waals surface area contributed by atoms with Gasteiger partial charge in [0.2, 0.25) is 0 Å². The zero-order valence-corrected chi connectivity index (χ0v) is 14.6. The highest BCUT2D eigenvalue weighted by atomic mass is 16.5. The molecule has 0 atom stereocenters. The van der Waals surface area contributed by atoms with Crippen LogP contribution in [0.1, 0.15) is 51.5 Å². The Morgan fingerprint density at radius 3 is 2.58 bits per heavy atom. The van der Waals surface area contributed by atoms with E-state index in [-0.39, 0.29) is 11.9 Å². The van der Waals surface area contributed by atoms with Crippen LogP contribution in [0.25, 0.3) is 5.57 Å². The maximum Gasteiger partial charge on any atom is 0.259 e. The highest BCUT2D eigenvalue weighted by molar-refractivity contribution is 6.33. The smallest absolute Gasteiger partial charge is 0.259 e. The molecule has 3 aliphatic rings. The molecule has 1 saturated heterocycles. The first kappa shape index (κ1) is 15.7. The van der Waals surface area contributed by atoms with Crippen molar-refractivity contribution in [1.29, 1.82) is 0 Å². The fraction of sp³-hybridized carbons (Fsp3) is 0.550. The first-order valence-corrected chi connectivity index (χ1v) is 9.19. The number of anilines is 2. The lowest BCUT2D eigenvalue weighted by molar-refractivity contribution is -0.113. The summed E-state index contributed by atoms with van der Waals surface area (Å²) in [4.78, 5) is 15.1. The molecule has 4 rings (SSSR count). The molecule has 1 amide bonds. The third-order valence-corrected chi connectivity index (χ3v) is 5.40. The second-order valence-electron chi connectivity index (χ2n) is 7.36. The molecule has 0 radical (unpaired) electrons. The number of nitrogens with zero attached hydrogens (tertiary/aromatic N) is 1. The fourth-order valence-electron chi connectivity index (χ4n) is 3.89. The largest absolute Gasteiger partial charge is 0.382 e. The molecule has 0 spiro atoms. The van der Waals surface area contributed by atoms with Gasteiger partial charge in [-0.05, 0) is 64.2 Å². The Balaban J connectivity index is 1.76. The van der Waals surface area contributed by atoms with Crippen molar-refractivity contribution in [3.8, 4) is 0 Å². The molecule has 2 heterocycles. The van der Waals surface area contributed by atoms with Crippen molar-refractivity contribution in [3.05, 3.63) is 29.3 Å². The Hall–Kier alpha value is -1.81. The Kier molecular flexibility index (Phi) is 4.09. The highest BCUT2D eigenvalue weighted by Crippen LogP contribution is 2.43. The van der Waals surface area contributed by atoms with Gasteiger partial charge < -0.3 is 15.0 Å². The predicted octanol–water partition coefficient (Wildman–Crippen LogP) is 3.97. The van der Waals surface area contributed by atoms with Gasteiger partial charge in [0.25, 0.3) is 5.91 Å². The number of carbonyl (C=O) groups is 1. The van der Waals surface area contributed by atoms with Gasteiger partial charge in [0.1, 0.15) is 0 Å². The first-order valence-electron chi connectivity index (χ1n) is 9.19. The van der Waals surface area contributed by atoms with Gasteiger partial charge in [0.05, 0.1) is 18.9 Å². The number of benzene rings is 1. The minimum Gasteiger partial charge on any atom is -0.382 e. The topological polar surface area (TPSA) is 41.6 Å². The van der Waals surface area contributed by atoms with Crippen molar-refractivity contribution in [1.82, 2.24) is 0 Å². The van der Waals surface area contributed by atoms with Crippen molar-refractivity contribution < 1.29 is 9.53 Å². The summed E-state index contributed by atoms with van der Waals surface area (Å²) in [6.45, 7) is 5.62. The van der Waals surface area contributed by atoms with E-state index in [0.717, 1.165) is 48.6 Å². The predicted molar refractivity (Wildman–Crippen MR) is 97.3 cm³/mol. The van der Waals surface area contributed by atoms with Crippen LogP contribution >= 0.6 is 0 Å². The monoisotopic (exact) mass is 326 g/mol. The standard InChI is InChI=1S/C20H26N2O2/c1-13(2)22-18-7-6-16(21-15-4-3-5-15)12-17(18)19(20(22)23)14-8-10-24-11-9-14/h6-7,12-13,15,21H,3-5,8-11H2,1-2H3. The van der Waals surface area contributed by atoms with Gasteiger partial charge >= 0.3 is 0 Å². The Morgan fingerprint density at radius 2 is 1.96 bits per heavy atom. The lowest BCUT2D eigenvalue weighted by atomic mass is 9.92. The number of nitrogens with one attached hydrogen (secondary N) is 1.